The first-order valence-corrected chi connectivity index (χ1v) is 9.07. The van der Waals surface area contributed by atoms with Gasteiger partial charge in [-0.05, 0) is 67.1 Å². The summed E-state index contributed by atoms with van der Waals surface area (Å²) in [5.41, 5.74) is 3.69. The van der Waals surface area contributed by atoms with Crippen molar-refractivity contribution in [3.63, 3.8) is 0 Å². The number of aryl methyl sites for hydroxylation is 1. The summed E-state index contributed by atoms with van der Waals surface area (Å²) < 4.78 is 14.9. The zero-order chi connectivity index (χ0) is 21.3. The molecule has 30 heavy (non-hydrogen) atoms. The van der Waals surface area contributed by atoms with Gasteiger partial charge in [-0.1, -0.05) is 12.1 Å². The van der Waals surface area contributed by atoms with Crippen molar-refractivity contribution in [2.75, 3.05) is 10.6 Å². The van der Waals surface area contributed by atoms with E-state index in [2.05, 4.69) is 15.6 Å². The van der Waals surface area contributed by atoms with Crippen LogP contribution in [0.1, 0.15) is 15.9 Å². The van der Waals surface area contributed by atoms with E-state index in [0.29, 0.717) is 16.9 Å². The van der Waals surface area contributed by atoms with Gasteiger partial charge < -0.3 is 5.11 Å². The van der Waals surface area contributed by atoms with E-state index in [0.717, 1.165) is 11.1 Å². The molecule has 4 aromatic rings. The van der Waals surface area contributed by atoms with Gasteiger partial charge in [0, 0.05) is 11.3 Å². The van der Waals surface area contributed by atoms with Gasteiger partial charge in [0.2, 0.25) is 5.95 Å². The molecule has 7 nitrogen and oxygen atoms in total. The smallest absolute Gasteiger partial charge is 0.409 e. The minimum atomic E-state index is -1.18. The monoisotopic (exact) mass is 404 g/mol. The molecule has 0 bridgehead atoms. The lowest BCUT2D eigenvalue weighted by atomic mass is 10.2. The number of rotatable bonds is 4. The standard InChI is InChI=1S/C22H17FN4O3/c1-13-5-10-19-18(11-13)25-21(26-20(28)14-6-8-15(23)9-7-14)27(19)17-4-2-3-16(12-17)24-22(29)30/h2-12,24H,1H3,(H,29,30)(H,25,26,28). The molecule has 3 aromatic carbocycles. The second kappa shape index (κ2) is 7.67. The van der Waals surface area contributed by atoms with E-state index < -0.39 is 17.8 Å². The van der Waals surface area contributed by atoms with Gasteiger partial charge in [0.05, 0.1) is 16.7 Å². The number of halogens is 1. The lowest BCUT2D eigenvalue weighted by Crippen LogP contribution is -2.15. The van der Waals surface area contributed by atoms with Crippen molar-refractivity contribution in [1.29, 1.82) is 0 Å². The van der Waals surface area contributed by atoms with Gasteiger partial charge in [0.25, 0.3) is 5.91 Å². The number of aromatic nitrogens is 2. The molecular weight excluding hydrogens is 387 g/mol. The second-order valence-electron chi connectivity index (χ2n) is 6.70. The maximum atomic E-state index is 13.2. The highest BCUT2D eigenvalue weighted by atomic mass is 19.1. The van der Waals surface area contributed by atoms with E-state index in [9.17, 15) is 14.0 Å². The van der Waals surface area contributed by atoms with Crippen LogP contribution >= 0.6 is 0 Å². The van der Waals surface area contributed by atoms with Crippen LogP contribution in [0.3, 0.4) is 0 Å². The summed E-state index contributed by atoms with van der Waals surface area (Å²) in [5.74, 6) is -0.613. The molecule has 8 heteroatoms. The first kappa shape index (κ1) is 19.1. The molecule has 0 saturated carbocycles. The third kappa shape index (κ3) is 3.83. The molecule has 150 valence electrons. The van der Waals surface area contributed by atoms with Gasteiger partial charge >= 0.3 is 6.09 Å². The number of hydrogen-bond donors (Lipinski definition) is 3. The van der Waals surface area contributed by atoms with Crippen LogP contribution in [-0.4, -0.2) is 26.7 Å². The number of amides is 2. The Bertz CT molecular complexity index is 1270. The topological polar surface area (TPSA) is 96.3 Å². The summed E-state index contributed by atoms with van der Waals surface area (Å²) in [6.07, 6.45) is -1.18. The Morgan fingerprint density at radius 3 is 2.50 bits per heavy atom. The molecule has 0 unspecified atom stereocenters. The predicted octanol–water partition coefficient (Wildman–Crippen LogP) is 4.82. The second-order valence-corrected chi connectivity index (χ2v) is 6.70. The third-order valence-corrected chi connectivity index (χ3v) is 4.50. The molecule has 0 aliphatic carbocycles. The Morgan fingerprint density at radius 1 is 1.00 bits per heavy atom. The molecule has 0 radical (unpaired) electrons. The number of anilines is 2. The normalized spacial score (nSPS) is 10.7. The summed E-state index contributed by atoms with van der Waals surface area (Å²) >= 11 is 0. The van der Waals surface area contributed by atoms with Crippen molar-refractivity contribution in [2.45, 2.75) is 6.92 Å². The number of carbonyl (C=O) groups excluding carboxylic acids is 1. The fourth-order valence-corrected chi connectivity index (χ4v) is 3.16. The first-order valence-electron chi connectivity index (χ1n) is 9.07. The Balaban J connectivity index is 1.81. The third-order valence-electron chi connectivity index (χ3n) is 4.50. The number of benzene rings is 3. The van der Waals surface area contributed by atoms with Crippen molar-refractivity contribution < 1.29 is 19.1 Å². The summed E-state index contributed by atoms with van der Waals surface area (Å²) in [4.78, 5) is 28.2. The molecule has 1 heterocycles. The van der Waals surface area contributed by atoms with Crippen LogP contribution in [0.15, 0.2) is 66.7 Å². The molecule has 2 amide bonds. The lowest BCUT2D eigenvalue weighted by molar-refractivity contribution is 0.102. The number of carbonyl (C=O) groups is 2. The minimum absolute atomic E-state index is 0.261. The fraction of sp³-hybridized carbons (Fsp3) is 0.0455. The summed E-state index contributed by atoms with van der Waals surface area (Å²) in [6, 6.07) is 17.6. The summed E-state index contributed by atoms with van der Waals surface area (Å²) in [6.45, 7) is 1.94. The Kier molecular flexibility index (Phi) is 4.89. The van der Waals surface area contributed by atoms with E-state index in [-0.39, 0.29) is 11.5 Å². The molecule has 0 spiro atoms. The lowest BCUT2D eigenvalue weighted by Gasteiger charge is -2.12. The van der Waals surface area contributed by atoms with Crippen molar-refractivity contribution in [3.05, 3.63) is 83.7 Å². The maximum Gasteiger partial charge on any atom is 0.409 e. The predicted molar refractivity (Wildman–Crippen MR) is 112 cm³/mol. The van der Waals surface area contributed by atoms with E-state index in [1.165, 1.54) is 24.3 Å². The number of imidazole rings is 1. The summed E-state index contributed by atoms with van der Waals surface area (Å²) in [5, 5.41) is 14.1. The van der Waals surface area contributed by atoms with Crippen LogP contribution in [0.2, 0.25) is 0 Å². The van der Waals surface area contributed by atoms with Gasteiger partial charge in [-0.15, -0.1) is 0 Å². The first-order chi connectivity index (χ1) is 14.4. The number of hydrogen-bond acceptors (Lipinski definition) is 3. The molecule has 4 rings (SSSR count). The van der Waals surface area contributed by atoms with Crippen molar-refractivity contribution in [1.82, 2.24) is 9.55 Å². The van der Waals surface area contributed by atoms with Crippen LogP contribution in [0.25, 0.3) is 16.7 Å². The zero-order valence-corrected chi connectivity index (χ0v) is 15.9. The number of nitrogens with one attached hydrogen (secondary N) is 2. The van der Waals surface area contributed by atoms with Crippen LogP contribution in [-0.2, 0) is 0 Å². The Hall–Kier alpha value is -4.20. The average molecular weight is 404 g/mol. The Labute approximate surface area is 170 Å². The van der Waals surface area contributed by atoms with E-state index in [4.69, 9.17) is 5.11 Å². The molecule has 0 atom stereocenters. The van der Waals surface area contributed by atoms with Gasteiger partial charge in [-0.2, -0.15) is 0 Å². The quantitative estimate of drug-likeness (QED) is 0.455. The highest BCUT2D eigenvalue weighted by Crippen LogP contribution is 2.27. The molecular formula is C22H17FN4O3. The number of carboxylic acid groups (broad SMARTS) is 1. The van der Waals surface area contributed by atoms with E-state index >= 15 is 0 Å². The van der Waals surface area contributed by atoms with Crippen LogP contribution in [0, 0.1) is 12.7 Å². The van der Waals surface area contributed by atoms with Gasteiger partial charge in [0.1, 0.15) is 5.82 Å². The largest absolute Gasteiger partial charge is 0.465 e. The zero-order valence-electron chi connectivity index (χ0n) is 15.9. The van der Waals surface area contributed by atoms with Gasteiger partial charge in [-0.25, -0.2) is 14.2 Å². The minimum Gasteiger partial charge on any atom is -0.465 e. The molecule has 0 aliphatic rings. The molecule has 0 fully saturated rings. The fourth-order valence-electron chi connectivity index (χ4n) is 3.16. The highest BCUT2D eigenvalue weighted by Gasteiger charge is 2.16. The number of fused-ring (bicyclic) bond motifs is 1. The van der Waals surface area contributed by atoms with Crippen molar-refractivity contribution in [2.24, 2.45) is 0 Å². The van der Waals surface area contributed by atoms with Crippen molar-refractivity contribution >= 4 is 34.7 Å². The SMILES string of the molecule is Cc1ccc2c(c1)nc(NC(=O)c1ccc(F)cc1)n2-c1cccc(NC(=O)O)c1. The van der Waals surface area contributed by atoms with E-state index in [1.54, 1.807) is 28.8 Å². The van der Waals surface area contributed by atoms with Crippen LogP contribution < -0.4 is 10.6 Å². The molecule has 0 aliphatic heterocycles. The Morgan fingerprint density at radius 2 is 1.77 bits per heavy atom. The maximum absolute atomic E-state index is 13.2. The van der Waals surface area contributed by atoms with Crippen LogP contribution in [0.4, 0.5) is 20.8 Å². The average Bonchev–Trinajstić information content (AvgIpc) is 3.04. The molecule has 3 N–H and O–H groups in total. The van der Waals surface area contributed by atoms with Crippen molar-refractivity contribution in [3.8, 4) is 5.69 Å². The molecule has 1 aromatic heterocycles. The highest BCUT2D eigenvalue weighted by molar-refractivity contribution is 6.04. The van der Waals surface area contributed by atoms with Gasteiger partial charge in [-0.3, -0.25) is 20.0 Å². The van der Waals surface area contributed by atoms with Gasteiger partial charge in [0.15, 0.2) is 0 Å². The van der Waals surface area contributed by atoms with E-state index in [1.807, 2.05) is 25.1 Å². The molecule has 0 saturated heterocycles. The van der Waals surface area contributed by atoms with Crippen LogP contribution in [0.5, 0.6) is 0 Å². The number of nitrogens with zero attached hydrogens (tertiary/aromatic N) is 2. The summed E-state index contributed by atoms with van der Waals surface area (Å²) in [7, 11) is 0.